The maximum absolute atomic E-state index is 12.9. The third kappa shape index (κ3) is 4.07. The molecule has 1 saturated carbocycles. The van der Waals surface area contributed by atoms with Crippen LogP contribution < -0.4 is 0 Å². The van der Waals surface area contributed by atoms with Crippen molar-refractivity contribution in [2.75, 3.05) is 46.0 Å². The molecule has 0 unspecified atom stereocenters. The van der Waals surface area contributed by atoms with Crippen LogP contribution in [0, 0.1) is 17.8 Å². The molecule has 0 radical (unpaired) electrons. The highest BCUT2D eigenvalue weighted by molar-refractivity contribution is 7.86. The van der Waals surface area contributed by atoms with Crippen molar-refractivity contribution >= 4 is 10.2 Å². The molecule has 3 aliphatic rings. The van der Waals surface area contributed by atoms with Crippen LogP contribution in [0.4, 0.5) is 0 Å². The fraction of sp³-hybridized carbons (Fsp3) is 1.00. The third-order valence-corrected chi connectivity index (χ3v) is 7.70. The van der Waals surface area contributed by atoms with E-state index in [9.17, 15) is 13.5 Å². The average molecular weight is 346 g/mol. The van der Waals surface area contributed by atoms with Crippen LogP contribution in [0.25, 0.3) is 0 Å². The summed E-state index contributed by atoms with van der Waals surface area (Å²) in [5, 5.41) is 9.65. The first-order valence-electron chi connectivity index (χ1n) is 9.05. The molecule has 3 fully saturated rings. The summed E-state index contributed by atoms with van der Waals surface area (Å²) < 4.78 is 34.4. The lowest BCUT2D eigenvalue weighted by Gasteiger charge is -2.42. The van der Waals surface area contributed by atoms with Crippen molar-refractivity contribution in [1.82, 2.24) is 8.61 Å². The third-order valence-electron chi connectivity index (χ3n) is 5.73. The molecule has 0 spiro atoms. The van der Waals surface area contributed by atoms with Crippen molar-refractivity contribution in [2.24, 2.45) is 17.8 Å². The molecule has 0 aromatic rings. The number of hydrogen-bond donors (Lipinski definition) is 1. The fourth-order valence-corrected chi connectivity index (χ4v) is 6.13. The van der Waals surface area contributed by atoms with E-state index in [1.807, 2.05) is 0 Å². The maximum Gasteiger partial charge on any atom is 0.282 e. The Balaban J connectivity index is 1.71. The Morgan fingerprint density at radius 2 is 1.65 bits per heavy atom. The van der Waals surface area contributed by atoms with Gasteiger partial charge in [0.05, 0.1) is 13.2 Å². The molecular formula is C16H30N2O4S. The van der Waals surface area contributed by atoms with Gasteiger partial charge in [-0.05, 0) is 24.2 Å². The largest absolute Gasteiger partial charge is 0.396 e. The lowest BCUT2D eigenvalue weighted by atomic mass is 9.75. The Labute approximate surface area is 140 Å². The summed E-state index contributed by atoms with van der Waals surface area (Å²) in [5.41, 5.74) is 0. The number of nitrogens with zero attached hydrogens (tertiary/aromatic N) is 2. The van der Waals surface area contributed by atoms with Crippen LogP contribution in [0.2, 0.25) is 0 Å². The Hall–Kier alpha value is -0.210. The van der Waals surface area contributed by atoms with Gasteiger partial charge in [0.15, 0.2) is 0 Å². The lowest BCUT2D eigenvalue weighted by molar-refractivity contribution is 0.0606. The summed E-state index contributed by atoms with van der Waals surface area (Å²) in [7, 11) is -3.42. The summed E-state index contributed by atoms with van der Waals surface area (Å²) >= 11 is 0. The van der Waals surface area contributed by atoms with Gasteiger partial charge in [-0.3, -0.25) is 0 Å². The number of piperidine rings is 1. The smallest absolute Gasteiger partial charge is 0.282 e. The predicted molar refractivity (Wildman–Crippen MR) is 88.1 cm³/mol. The van der Waals surface area contributed by atoms with Gasteiger partial charge < -0.3 is 9.84 Å². The standard InChI is InChI=1S/C16H30N2O4S/c19-13-14-10-16(15-4-2-1-3-5-15)12-18(11-14)23(20,21)17-6-8-22-9-7-17/h14-16,19H,1-13H2/t14-,16+/m1/s1. The van der Waals surface area contributed by atoms with E-state index in [4.69, 9.17) is 4.74 Å². The minimum absolute atomic E-state index is 0.0755. The summed E-state index contributed by atoms with van der Waals surface area (Å²) in [6.07, 6.45) is 7.24. The maximum atomic E-state index is 12.9. The fourth-order valence-electron chi connectivity index (χ4n) is 4.41. The zero-order valence-corrected chi connectivity index (χ0v) is 14.7. The SMILES string of the molecule is O=S(=O)(N1CCOCC1)N1C[C@H](CO)C[C@H](C2CCCCC2)C1. The van der Waals surface area contributed by atoms with Gasteiger partial charge >= 0.3 is 0 Å². The van der Waals surface area contributed by atoms with Crippen molar-refractivity contribution < 1.29 is 18.3 Å². The van der Waals surface area contributed by atoms with E-state index >= 15 is 0 Å². The van der Waals surface area contributed by atoms with Crippen molar-refractivity contribution in [3.05, 3.63) is 0 Å². The van der Waals surface area contributed by atoms with E-state index < -0.39 is 10.2 Å². The van der Waals surface area contributed by atoms with Crippen LogP contribution in [0.3, 0.4) is 0 Å². The second kappa shape index (κ2) is 7.78. The number of morpholine rings is 1. The van der Waals surface area contributed by atoms with Gasteiger partial charge in [-0.2, -0.15) is 17.0 Å². The van der Waals surface area contributed by atoms with Crippen molar-refractivity contribution in [2.45, 2.75) is 38.5 Å². The molecule has 2 heterocycles. The van der Waals surface area contributed by atoms with Gasteiger partial charge in [0.2, 0.25) is 0 Å². The number of ether oxygens (including phenoxy) is 1. The summed E-state index contributed by atoms with van der Waals surface area (Å²) in [5.74, 6) is 1.10. The van der Waals surface area contributed by atoms with Crippen LogP contribution in [0.15, 0.2) is 0 Å². The quantitative estimate of drug-likeness (QED) is 0.827. The molecule has 0 bridgehead atoms. The topological polar surface area (TPSA) is 70.1 Å². The first-order chi connectivity index (χ1) is 11.1. The summed E-state index contributed by atoms with van der Waals surface area (Å²) in [4.78, 5) is 0. The summed E-state index contributed by atoms with van der Waals surface area (Å²) in [6.45, 7) is 3.00. The molecule has 2 atom stereocenters. The number of rotatable bonds is 4. The molecule has 0 aromatic carbocycles. The van der Waals surface area contributed by atoms with Crippen LogP contribution in [-0.2, 0) is 14.9 Å². The zero-order chi connectivity index (χ0) is 16.3. The van der Waals surface area contributed by atoms with Gasteiger partial charge in [-0.15, -0.1) is 0 Å². The molecule has 6 nitrogen and oxygen atoms in total. The van der Waals surface area contributed by atoms with Gasteiger partial charge in [0, 0.05) is 32.8 Å². The molecular weight excluding hydrogens is 316 g/mol. The zero-order valence-electron chi connectivity index (χ0n) is 13.9. The van der Waals surface area contributed by atoms with E-state index in [0.29, 0.717) is 51.2 Å². The molecule has 2 saturated heterocycles. The molecule has 2 aliphatic heterocycles. The molecule has 1 N–H and O–H groups in total. The lowest BCUT2D eigenvalue weighted by Crippen LogP contribution is -2.54. The minimum atomic E-state index is -3.42. The Bertz CT molecular complexity index is 472. The van der Waals surface area contributed by atoms with Crippen molar-refractivity contribution in [3.63, 3.8) is 0 Å². The average Bonchev–Trinajstić information content (AvgIpc) is 2.62. The van der Waals surface area contributed by atoms with Gasteiger partial charge in [0.25, 0.3) is 10.2 Å². The number of hydrogen-bond acceptors (Lipinski definition) is 4. The predicted octanol–water partition coefficient (Wildman–Crippen LogP) is 1.07. The highest BCUT2D eigenvalue weighted by Gasteiger charge is 2.39. The molecule has 134 valence electrons. The van der Waals surface area contributed by atoms with Gasteiger partial charge in [0.1, 0.15) is 0 Å². The van der Waals surface area contributed by atoms with E-state index in [-0.39, 0.29) is 12.5 Å². The Kier molecular flexibility index (Phi) is 5.96. The highest BCUT2D eigenvalue weighted by atomic mass is 32.2. The Morgan fingerprint density at radius 3 is 2.30 bits per heavy atom. The van der Waals surface area contributed by atoms with Crippen LogP contribution >= 0.6 is 0 Å². The van der Waals surface area contributed by atoms with E-state index in [1.54, 1.807) is 8.61 Å². The number of aliphatic hydroxyl groups is 1. The second-order valence-electron chi connectivity index (χ2n) is 7.28. The van der Waals surface area contributed by atoms with Gasteiger partial charge in [-0.1, -0.05) is 32.1 Å². The van der Waals surface area contributed by atoms with Crippen LogP contribution in [0.1, 0.15) is 38.5 Å². The first-order valence-corrected chi connectivity index (χ1v) is 10.4. The Morgan fingerprint density at radius 1 is 0.957 bits per heavy atom. The van der Waals surface area contributed by atoms with Gasteiger partial charge in [-0.25, -0.2) is 0 Å². The number of aliphatic hydroxyl groups excluding tert-OH is 1. The molecule has 0 amide bonds. The van der Waals surface area contributed by atoms with Crippen LogP contribution in [0.5, 0.6) is 0 Å². The molecule has 0 aromatic heterocycles. The molecule has 23 heavy (non-hydrogen) atoms. The monoisotopic (exact) mass is 346 g/mol. The first kappa shape index (κ1) is 17.6. The molecule has 7 heteroatoms. The molecule has 3 rings (SSSR count). The van der Waals surface area contributed by atoms with Crippen molar-refractivity contribution in [3.8, 4) is 0 Å². The highest BCUT2D eigenvalue weighted by Crippen LogP contribution is 2.37. The second-order valence-corrected chi connectivity index (χ2v) is 9.21. The van der Waals surface area contributed by atoms with Crippen molar-refractivity contribution in [1.29, 1.82) is 0 Å². The van der Waals surface area contributed by atoms with E-state index in [1.165, 1.54) is 32.1 Å². The summed E-state index contributed by atoms with van der Waals surface area (Å²) in [6, 6.07) is 0. The minimum Gasteiger partial charge on any atom is -0.396 e. The molecule has 1 aliphatic carbocycles. The normalized spacial score (nSPS) is 32.9. The van der Waals surface area contributed by atoms with Crippen LogP contribution in [-0.4, -0.2) is 68.1 Å². The van der Waals surface area contributed by atoms with E-state index in [2.05, 4.69) is 0 Å². The van der Waals surface area contributed by atoms with E-state index in [0.717, 1.165) is 6.42 Å².